The number of nitrogens with zero attached hydrogens (tertiary/aromatic N) is 1. The number of aryl methyl sites for hydroxylation is 1. The molecule has 2 heterocycles. The van der Waals surface area contributed by atoms with Crippen LogP contribution in [0.3, 0.4) is 0 Å². The molecular weight excluding hydrogens is 206 g/mol. The number of hydrogen-bond donors (Lipinski definition) is 1. The van der Waals surface area contributed by atoms with E-state index in [9.17, 15) is 4.79 Å². The van der Waals surface area contributed by atoms with Gasteiger partial charge < -0.3 is 9.52 Å². The number of likely N-dealkylation sites (tertiary alicyclic amines) is 1. The number of carbonyl (C=O) groups is 1. The van der Waals surface area contributed by atoms with E-state index in [4.69, 9.17) is 9.52 Å². The molecule has 16 heavy (non-hydrogen) atoms. The SMILES string of the molecule is Cc1coc(CN2CC(C)(C)C2C(=O)O)c1. The first-order chi connectivity index (χ1) is 7.40. The normalized spacial score (nSPS) is 24.1. The molecule has 1 N–H and O–H groups in total. The molecule has 1 fully saturated rings. The summed E-state index contributed by atoms with van der Waals surface area (Å²) in [5.74, 6) is 0.0822. The summed E-state index contributed by atoms with van der Waals surface area (Å²) in [5, 5.41) is 9.15. The Morgan fingerprint density at radius 1 is 1.69 bits per heavy atom. The molecule has 0 radical (unpaired) electrons. The molecule has 0 spiro atoms. The molecule has 2 rings (SSSR count). The van der Waals surface area contributed by atoms with Crippen LogP contribution in [0.1, 0.15) is 25.2 Å². The van der Waals surface area contributed by atoms with E-state index in [0.29, 0.717) is 6.54 Å². The van der Waals surface area contributed by atoms with Crippen LogP contribution in [0.2, 0.25) is 0 Å². The van der Waals surface area contributed by atoms with Crippen molar-refractivity contribution < 1.29 is 14.3 Å². The van der Waals surface area contributed by atoms with Gasteiger partial charge in [0, 0.05) is 12.0 Å². The van der Waals surface area contributed by atoms with E-state index in [0.717, 1.165) is 17.9 Å². The minimum absolute atomic E-state index is 0.145. The summed E-state index contributed by atoms with van der Waals surface area (Å²) in [6, 6.07) is 1.54. The van der Waals surface area contributed by atoms with Crippen LogP contribution in [0.4, 0.5) is 0 Å². The van der Waals surface area contributed by atoms with Crippen molar-refractivity contribution in [1.29, 1.82) is 0 Å². The van der Waals surface area contributed by atoms with Gasteiger partial charge in [-0.15, -0.1) is 0 Å². The highest BCUT2D eigenvalue weighted by Crippen LogP contribution is 2.38. The van der Waals surface area contributed by atoms with Gasteiger partial charge in [-0.25, -0.2) is 0 Å². The molecule has 1 aliphatic rings. The average Bonchev–Trinajstić information content (AvgIpc) is 2.47. The van der Waals surface area contributed by atoms with E-state index >= 15 is 0 Å². The van der Waals surface area contributed by atoms with Gasteiger partial charge in [-0.05, 0) is 18.6 Å². The third-order valence-electron chi connectivity index (χ3n) is 3.09. The molecule has 1 aliphatic heterocycles. The molecule has 0 aromatic carbocycles. The average molecular weight is 223 g/mol. The van der Waals surface area contributed by atoms with Crippen LogP contribution in [0, 0.1) is 12.3 Å². The molecule has 0 aliphatic carbocycles. The van der Waals surface area contributed by atoms with Gasteiger partial charge in [0.1, 0.15) is 11.8 Å². The van der Waals surface area contributed by atoms with Crippen LogP contribution in [0.5, 0.6) is 0 Å². The lowest BCUT2D eigenvalue weighted by Crippen LogP contribution is -2.64. The molecule has 0 amide bonds. The third kappa shape index (κ3) is 1.85. The quantitative estimate of drug-likeness (QED) is 0.850. The molecule has 0 saturated carbocycles. The smallest absolute Gasteiger partial charge is 0.321 e. The highest BCUT2D eigenvalue weighted by atomic mass is 16.4. The molecular formula is C12H17NO3. The van der Waals surface area contributed by atoms with Crippen molar-refractivity contribution in [2.75, 3.05) is 6.54 Å². The lowest BCUT2D eigenvalue weighted by Gasteiger charge is -2.51. The Balaban J connectivity index is 2.05. The van der Waals surface area contributed by atoms with Gasteiger partial charge in [0.15, 0.2) is 0 Å². The molecule has 1 aromatic heterocycles. The predicted molar refractivity (Wildman–Crippen MR) is 59.1 cm³/mol. The largest absolute Gasteiger partial charge is 0.480 e. The number of furan rings is 1. The number of carboxylic acid groups (broad SMARTS) is 1. The van der Waals surface area contributed by atoms with Crippen LogP contribution in [-0.4, -0.2) is 28.6 Å². The summed E-state index contributed by atoms with van der Waals surface area (Å²) in [7, 11) is 0. The van der Waals surface area contributed by atoms with Gasteiger partial charge in [0.2, 0.25) is 0 Å². The second kappa shape index (κ2) is 3.63. The van der Waals surface area contributed by atoms with Gasteiger partial charge in [0.25, 0.3) is 0 Å². The number of hydrogen-bond acceptors (Lipinski definition) is 3. The van der Waals surface area contributed by atoms with E-state index in [2.05, 4.69) is 0 Å². The van der Waals surface area contributed by atoms with E-state index in [1.807, 2.05) is 31.7 Å². The van der Waals surface area contributed by atoms with Gasteiger partial charge >= 0.3 is 5.97 Å². The molecule has 4 nitrogen and oxygen atoms in total. The highest BCUT2D eigenvalue weighted by Gasteiger charge is 2.50. The van der Waals surface area contributed by atoms with Crippen molar-refractivity contribution in [2.45, 2.75) is 33.4 Å². The van der Waals surface area contributed by atoms with Crippen LogP contribution in [0.25, 0.3) is 0 Å². The first kappa shape index (κ1) is 11.2. The molecule has 1 saturated heterocycles. The zero-order valence-electron chi connectivity index (χ0n) is 9.86. The minimum Gasteiger partial charge on any atom is -0.480 e. The van der Waals surface area contributed by atoms with Crippen molar-refractivity contribution in [2.24, 2.45) is 5.41 Å². The van der Waals surface area contributed by atoms with Crippen LogP contribution in [0.15, 0.2) is 16.7 Å². The Labute approximate surface area is 94.9 Å². The van der Waals surface area contributed by atoms with Crippen molar-refractivity contribution >= 4 is 5.97 Å². The Kier molecular flexibility index (Phi) is 2.54. The molecule has 88 valence electrons. The van der Waals surface area contributed by atoms with Gasteiger partial charge in [-0.1, -0.05) is 13.8 Å². The standard InChI is InChI=1S/C12H17NO3/c1-8-4-9(16-6-8)5-13-7-12(2,3)10(13)11(14)15/h4,6,10H,5,7H2,1-3H3,(H,14,15). The molecule has 0 bridgehead atoms. The maximum Gasteiger partial charge on any atom is 0.321 e. The molecule has 4 heteroatoms. The number of carboxylic acids is 1. The van der Waals surface area contributed by atoms with E-state index < -0.39 is 12.0 Å². The van der Waals surface area contributed by atoms with Crippen LogP contribution in [-0.2, 0) is 11.3 Å². The van der Waals surface area contributed by atoms with E-state index in [1.165, 1.54) is 0 Å². The monoisotopic (exact) mass is 223 g/mol. The van der Waals surface area contributed by atoms with Gasteiger partial charge in [0.05, 0.1) is 12.8 Å². The summed E-state index contributed by atoms with van der Waals surface area (Å²) in [5.41, 5.74) is 0.926. The van der Waals surface area contributed by atoms with Crippen molar-refractivity contribution in [3.8, 4) is 0 Å². The Bertz CT molecular complexity index is 408. The fourth-order valence-electron chi connectivity index (χ4n) is 2.49. The number of aliphatic carboxylic acids is 1. The van der Waals surface area contributed by atoms with Gasteiger partial charge in [-0.3, -0.25) is 9.69 Å². The molecule has 1 aromatic rings. The van der Waals surface area contributed by atoms with Crippen molar-refractivity contribution in [1.82, 2.24) is 4.90 Å². The number of rotatable bonds is 3. The fourth-order valence-corrected chi connectivity index (χ4v) is 2.49. The first-order valence-electron chi connectivity index (χ1n) is 5.41. The third-order valence-corrected chi connectivity index (χ3v) is 3.09. The van der Waals surface area contributed by atoms with Crippen molar-refractivity contribution in [3.63, 3.8) is 0 Å². The second-order valence-corrected chi connectivity index (χ2v) is 5.22. The Hall–Kier alpha value is -1.29. The summed E-state index contributed by atoms with van der Waals surface area (Å²) >= 11 is 0. The zero-order chi connectivity index (χ0) is 11.9. The fraction of sp³-hybridized carbons (Fsp3) is 0.583. The molecule has 1 atom stereocenters. The maximum atomic E-state index is 11.1. The highest BCUT2D eigenvalue weighted by molar-refractivity contribution is 5.76. The zero-order valence-corrected chi connectivity index (χ0v) is 9.86. The topological polar surface area (TPSA) is 53.7 Å². The summed E-state index contributed by atoms with van der Waals surface area (Å²) in [6.45, 7) is 7.30. The van der Waals surface area contributed by atoms with Crippen molar-refractivity contribution in [3.05, 3.63) is 23.7 Å². The second-order valence-electron chi connectivity index (χ2n) is 5.22. The molecule has 1 unspecified atom stereocenters. The lowest BCUT2D eigenvalue weighted by molar-refractivity contribution is -0.162. The minimum atomic E-state index is -0.750. The summed E-state index contributed by atoms with van der Waals surface area (Å²) < 4.78 is 5.33. The Morgan fingerprint density at radius 3 is 2.81 bits per heavy atom. The maximum absolute atomic E-state index is 11.1. The first-order valence-corrected chi connectivity index (χ1v) is 5.41. The predicted octanol–water partition coefficient (Wildman–Crippen LogP) is 1.88. The Morgan fingerprint density at radius 2 is 2.38 bits per heavy atom. The van der Waals surface area contributed by atoms with E-state index in [1.54, 1.807) is 6.26 Å². The lowest BCUT2D eigenvalue weighted by atomic mass is 9.75. The van der Waals surface area contributed by atoms with E-state index in [-0.39, 0.29) is 5.41 Å². The van der Waals surface area contributed by atoms with Crippen LogP contribution >= 0.6 is 0 Å². The van der Waals surface area contributed by atoms with Crippen LogP contribution < -0.4 is 0 Å². The summed E-state index contributed by atoms with van der Waals surface area (Å²) in [6.07, 6.45) is 1.69. The van der Waals surface area contributed by atoms with Gasteiger partial charge in [-0.2, -0.15) is 0 Å². The summed E-state index contributed by atoms with van der Waals surface area (Å²) in [4.78, 5) is 13.1.